The number of ether oxygens (including phenoxy) is 1. The van der Waals surface area contributed by atoms with Gasteiger partial charge in [-0.05, 0) is 45.8 Å². The van der Waals surface area contributed by atoms with Crippen molar-refractivity contribution < 1.29 is 9.53 Å². The number of carbonyl (C=O) groups excluding carboxylic acids is 1. The minimum Gasteiger partial charge on any atom is -0.469 e. The summed E-state index contributed by atoms with van der Waals surface area (Å²) in [5.41, 5.74) is 1.10. The summed E-state index contributed by atoms with van der Waals surface area (Å²) in [5.74, 6) is 0.0122. The van der Waals surface area contributed by atoms with Crippen LogP contribution in [0.3, 0.4) is 0 Å². The molecule has 19 heavy (non-hydrogen) atoms. The lowest BCUT2D eigenvalue weighted by Crippen LogP contribution is -2.36. The summed E-state index contributed by atoms with van der Waals surface area (Å²) >= 11 is 0. The van der Waals surface area contributed by atoms with E-state index in [1.165, 1.54) is 7.11 Å². The molecule has 0 saturated carbocycles. The summed E-state index contributed by atoms with van der Waals surface area (Å²) in [4.78, 5) is 13.8. The Balaban J connectivity index is 1.83. The molecule has 2 heterocycles. The van der Waals surface area contributed by atoms with E-state index in [1.807, 2.05) is 10.9 Å². The predicted molar refractivity (Wildman–Crippen MR) is 72.6 cm³/mol. The van der Waals surface area contributed by atoms with Crippen molar-refractivity contribution in [2.75, 3.05) is 20.2 Å². The molecule has 0 aromatic carbocycles. The molecular formula is C14H23N3O2. The average molecular weight is 265 g/mol. The number of rotatable bonds is 4. The van der Waals surface area contributed by atoms with Gasteiger partial charge in [-0.25, -0.2) is 0 Å². The number of hydrogen-bond acceptors (Lipinski definition) is 4. The molecule has 1 aliphatic rings. The minimum atomic E-state index is -0.0660. The lowest BCUT2D eigenvalue weighted by atomic mass is 9.97. The number of nitrogens with zero attached hydrogens (tertiary/aromatic N) is 3. The molecule has 0 bridgehead atoms. The van der Waals surface area contributed by atoms with Crippen LogP contribution in [0.5, 0.6) is 0 Å². The monoisotopic (exact) mass is 265 g/mol. The van der Waals surface area contributed by atoms with Crippen molar-refractivity contribution >= 4 is 5.97 Å². The molecule has 1 fully saturated rings. The van der Waals surface area contributed by atoms with Gasteiger partial charge in [0.2, 0.25) is 0 Å². The van der Waals surface area contributed by atoms with Crippen LogP contribution in [-0.2, 0) is 16.1 Å². The Morgan fingerprint density at radius 1 is 1.47 bits per heavy atom. The van der Waals surface area contributed by atoms with E-state index in [-0.39, 0.29) is 11.9 Å². The molecule has 1 aromatic rings. The van der Waals surface area contributed by atoms with Crippen molar-refractivity contribution in [3.63, 3.8) is 0 Å². The Morgan fingerprint density at radius 3 is 2.68 bits per heavy atom. The Bertz CT molecular complexity index is 420. The number of piperidine rings is 1. The van der Waals surface area contributed by atoms with E-state index in [4.69, 9.17) is 4.74 Å². The second-order valence-electron chi connectivity index (χ2n) is 5.45. The normalized spacial score (nSPS) is 17.9. The molecule has 0 amide bonds. The van der Waals surface area contributed by atoms with E-state index in [0.717, 1.165) is 38.2 Å². The van der Waals surface area contributed by atoms with Crippen molar-refractivity contribution in [3.8, 4) is 0 Å². The number of hydrogen-bond donors (Lipinski definition) is 0. The third-order valence-electron chi connectivity index (χ3n) is 3.70. The summed E-state index contributed by atoms with van der Waals surface area (Å²) < 4.78 is 6.78. The Morgan fingerprint density at radius 2 is 2.16 bits per heavy atom. The molecule has 0 aliphatic carbocycles. The van der Waals surface area contributed by atoms with Gasteiger partial charge in [0.1, 0.15) is 0 Å². The van der Waals surface area contributed by atoms with Gasteiger partial charge in [-0.15, -0.1) is 0 Å². The Labute approximate surface area is 114 Å². The maximum Gasteiger partial charge on any atom is 0.308 e. The molecule has 0 spiro atoms. The first-order valence-electron chi connectivity index (χ1n) is 6.94. The minimum absolute atomic E-state index is 0.0660. The molecular weight excluding hydrogens is 242 g/mol. The van der Waals surface area contributed by atoms with Gasteiger partial charge in [-0.2, -0.15) is 5.10 Å². The fraction of sp³-hybridized carbons (Fsp3) is 0.714. The van der Waals surface area contributed by atoms with Crippen LogP contribution in [0, 0.1) is 5.92 Å². The highest BCUT2D eigenvalue weighted by molar-refractivity contribution is 5.72. The highest BCUT2D eigenvalue weighted by Crippen LogP contribution is 2.19. The van der Waals surface area contributed by atoms with Crippen molar-refractivity contribution in [2.45, 2.75) is 39.3 Å². The van der Waals surface area contributed by atoms with E-state index in [9.17, 15) is 4.79 Å². The van der Waals surface area contributed by atoms with Crippen molar-refractivity contribution in [1.29, 1.82) is 0 Å². The maximum absolute atomic E-state index is 11.5. The van der Waals surface area contributed by atoms with E-state index in [2.05, 4.69) is 29.9 Å². The smallest absolute Gasteiger partial charge is 0.308 e. The molecule has 0 radical (unpaired) electrons. The third-order valence-corrected chi connectivity index (χ3v) is 3.70. The van der Waals surface area contributed by atoms with Gasteiger partial charge in [0.25, 0.3) is 0 Å². The van der Waals surface area contributed by atoms with Crippen LogP contribution in [-0.4, -0.2) is 40.8 Å². The molecule has 0 unspecified atom stereocenters. The highest BCUT2D eigenvalue weighted by Gasteiger charge is 2.25. The molecule has 1 aromatic heterocycles. The van der Waals surface area contributed by atoms with E-state index in [1.54, 1.807) is 0 Å². The van der Waals surface area contributed by atoms with Gasteiger partial charge >= 0.3 is 5.97 Å². The van der Waals surface area contributed by atoms with Crippen molar-refractivity contribution in [2.24, 2.45) is 5.92 Å². The summed E-state index contributed by atoms with van der Waals surface area (Å²) in [5, 5.41) is 4.56. The highest BCUT2D eigenvalue weighted by atomic mass is 16.5. The molecule has 1 aliphatic heterocycles. The van der Waals surface area contributed by atoms with E-state index >= 15 is 0 Å². The average Bonchev–Trinajstić information content (AvgIpc) is 2.87. The molecule has 5 heteroatoms. The maximum atomic E-state index is 11.5. The number of esters is 1. The van der Waals surface area contributed by atoms with Crippen LogP contribution >= 0.6 is 0 Å². The number of methoxy groups -OCH3 is 1. The van der Waals surface area contributed by atoms with Gasteiger partial charge in [-0.3, -0.25) is 14.4 Å². The molecule has 0 atom stereocenters. The van der Waals surface area contributed by atoms with Crippen LogP contribution in [0.25, 0.3) is 0 Å². The van der Waals surface area contributed by atoms with Crippen LogP contribution < -0.4 is 0 Å². The van der Waals surface area contributed by atoms with E-state index < -0.39 is 0 Å². The number of carbonyl (C=O) groups is 1. The van der Waals surface area contributed by atoms with Gasteiger partial charge in [0.15, 0.2) is 0 Å². The van der Waals surface area contributed by atoms with Gasteiger partial charge < -0.3 is 4.74 Å². The van der Waals surface area contributed by atoms with E-state index in [0.29, 0.717) is 6.04 Å². The van der Waals surface area contributed by atoms with Crippen LogP contribution in [0.1, 0.15) is 38.4 Å². The zero-order chi connectivity index (χ0) is 13.8. The lowest BCUT2D eigenvalue weighted by Gasteiger charge is -2.29. The molecule has 106 valence electrons. The number of aromatic nitrogens is 2. The second kappa shape index (κ2) is 6.19. The summed E-state index contributed by atoms with van der Waals surface area (Å²) in [6.07, 6.45) is 3.80. The van der Waals surface area contributed by atoms with Crippen LogP contribution in [0.2, 0.25) is 0 Å². The van der Waals surface area contributed by atoms with Crippen LogP contribution in [0.4, 0.5) is 0 Å². The molecule has 5 nitrogen and oxygen atoms in total. The predicted octanol–water partition coefficient (Wildman–Crippen LogP) is 1.85. The zero-order valence-corrected chi connectivity index (χ0v) is 12.0. The van der Waals surface area contributed by atoms with Crippen LogP contribution in [0.15, 0.2) is 12.3 Å². The van der Waals surface area contributed by atoms with Crippen molar-refractivity contribution in [3.05, 3.63) is 18.0 Å². The first-order valence-corrected chi connectivity index (χ1v) is 6.94. The number of likely N-dealkylation sites (tertiary alicyclic amines) is 1. The Hall–Kier alpha value is -1.36. The topological polar surface area (TPSA) is 47.4 Å². The van der Waals surface area contributed by atoms with Gasteiger partial charge in [0, 0.05) is 18.8 Å². The fourth-order valence-corrected chi connectivity index (χ4v) is 2.47. The second-order valence-corrected chi connectivity index (χ2v) is 5.45. The van der Waals surface area contributed by atoms with Crippen molar-refractivity contribution in [1.82, 2.24) is 14.7 Å². The quantitative estimate of drug-likeness (QED) is 0.780. The zero-order valence-electron chi connectivity index (χ0n) is 12.0. The molecule has 0 N–H and O–H groups in total. The fourth-order valence-electron chi connectivity index (χ4n) is 2.47. The van der Waals surface area contributed by atoms with Gasteiger partial charge in [0.05, 0.1) is 18.7 Å². The van der Waals surface area contributed by atoms with Gasteiger partial charge in [-0.1, -0.05) is 0 Å². The first kappa shape index (κ1) is 14.1. The Kier molecular flexibility index (Phi) is 4.58. The third kappa shape index (κ3) is 3.56. The molecule has 2 rings (SSSR count). The largest absolute Gasteiger partial charge is 0.469 e. The first-order chi connectivity index (χ1) is 9.10. The molecule has 1 saturated heterocycles. The SMILES string of the molecule is COC(=O)C1CCN(Cc2ccn(C(C)C)n2)CC1. The standard InChI is InChI=1S/C14H23N3O2/c1-11(2)17-9-6-13(15-17)10-16-7-4-12(5-8-16)14(18)19-3/h6,9,11-12H,4-5,7-8,10H2,1-3H3. The summed E-state index contributed by atoms with van der Waals surface area (Å²) in [6.45, 7) is 6.99. The lowest BCUT2D eigenvalue weighted by molar-refractivity contribution is -0.147. The summed E-state index contributed by atoms with van der Waals surface area (Å²) in [6, 6.07) is 2.48. The summed E-state index contributed by atoms with van der Waals surface area (Å²) in [7, 11) is 1.47.